The third-order valence-electron chi connectivity index (χ3n) is 3.61. The lowest BCUT2D eigenvalue weighted by atomic mass is 9.98. The first-order chi connectivity index (χ1) is 12.9. The zero-order valence-corrected chi connectivity index (χ0v) is 14.6. The van der Waals surface area contributed by atoms with Gasteiger partial charge in [-0.25, -0.2) is 23.0 Å². The number of primary sulfonamides is 1. The van der Waals surface area contributed by atoms with Crippen LogP contribution in [0.25, 0.3) is 11.1 Å². The number of aromatic amines is 1. The minimum Gasteiger partial charge on any atom is -0.368 e. The maximum absolute atomic E-state index is 14.7. The largest absolute Gasteiger partial charge is 0.417 e. The molecule has 13 heteroatoms. The van der Waals surface area contributed by atoms with Crippen molar-refractivity contribution in [1.82, 2.24) is 15.2 Å². The number of aromatic nitrogens is 3. The standard InChI is InChI=1S/C15H12F4N6O2S/c16-11-6-8(22-14-23-13(20)24-25-14)5-10(15(17,18)19)12(11)7-2-1-3-9(4-7)28(21,26)27/h1-6H,(H2,21,26,27)(H4,20,22,23,24,25). The monoisotopic (exact) mass is 416 g/mol. The van der Waals surface area contributed by atoms with Crippen molar-refractivity contribution < 1.29 is 26.0 Å². The van der Waals surface area contributed by atoms with E-state index in [2.05, 4.69) is 20.5 Å². The van der Waals surface area contributed by atoms with Crippen LogP contribution >= 0.6 is 0 Å². The number of benzene rings is 2. The van der Waals surface area contributed by atoms with Crippen LogP contribution in [0.15, 0.2) is 41.3 Å². The number of hydrogen-bond acceptors (Lipinski definition) is 6. The number of sulfonamides is 1. The highest BCUT2D eigenvalue weighted by atomic mass is 32.2. The SMILES string of the molecule is Nc1nc(Nc2cc(F)c(-c3cccc(S(N)(=O)=O)c3)c(C(F)(F)F)c2)n[nH]1. The van der Waals surface area contributed by atoms with Gasteiger partial charge in [-0.3, -0.25) is 0 Å². The van der Waals surface area contributed by atoms with Crippen molar-refractivity contribution in [2.24, 2.45) is 5.14 Å². The minimum absolute atomic E-state index is 0.0876. The van der Waals surface area contributed by atoms with Crippen LogP contribution in [0.3, 0.4) is 0 Å². The zero-order chi connectivity index (χ0) is 20.7. The molecule has 0 aliphatic heterocycles. The molecule has 2 aromatic carbocycles. The van der Waals surface area contributed by atoms with Crippen molar-refractivity contribution in [2.45, 2.75) is 11.1 Å². The van der Waals surface area contributed by atoms with Crippen LogP contribution in [0.4, 0.5) is 35.1 Å². The first-order valence-electron chi connectivity index (χ1n) is 7.44. The molecule has 6 N–H and O–H groups in total. The Kier molecular flexibility index (Phi) is 4.72. The molecule has 1 aromatic heterocycles. The van der Waals surface area contributed by atoms with Crippen LogP contribution in [0.5, 0.6) is 0 Å². The van der Waals surface area contributed by atoms with E-state index in [0.29, 0.717) is 6.07 Å². The Morgan fingerprint density at radius 1 is 1.14 bits per heavy atom. The van der Waals surface area contributed by atoms with Crippen molar-refractivity contribution in [3.05, 3.63) is 47.8 Å². The van der Waals surface area contributed by atoms with E-state index >= 15 is 0 Å². The summed E-state index contributed by atoms with van der Waals surface area (Å²) in [5, 5.41) is 13.3. The highest BCUT2D eigenvalue weighted by Crippen LogP contribution is 2.41. The van der Waals surface area contributed by atoms with Gasteiger partial charge in [-0.15, -0.1) is 5.10 Å². The minimum atomic E-state index is -4.94. The second-order valence-corrected chi connectivity index (χ2v) is 7.18. The molecule has 8 nitrogen and oxygen atoms in total. The molecule has 28 heavy (non-hydrogen) atoms. The summed E-state index contributed by atoms with van der Waals surface area (Å²) in [7, 11) is -4.19. The molecule has 0 aliphatic carbocycles. The van der Waals surface area contributed by atoms with Crippen LogP contribution in [-0.2, 0) is 16.2 Å². The lowest BCUT2D eigenvalue weighted by Crippen LogP contribution is -2.13. The number of H-pyrrole nitrogens is 1. The number of alkyl halides is 3. The number of halogens is 4. The second kappa shape index (κ2) is 6.76. The molecule has 148 valence electrons. The molecule has 0 bridgehead atoms. The quantitative estimate of drug-likeness (QED) is 0.482. The van der Waals surface area contributed by atoms with Crippen molar-refractivity contribution in [3.63, 3.8) is 0 Å². The van der Waals surface area contributed by atoms with E-state index in [-0.39, 0.29) is 23.1 Å². The van der Waals surface area contributed by atoms with Gasteiger partial charge < -0.3 is 11.1 Å². The summed E-state index contributed by atoms with van der Waals surface area (Å²) in [6, 6.07) is 5.71. The molecule has 0 fully saturated rings. The highest BCUT2D eigenvalue weighted by Gasteiger charge is 2.36. The Morgan fingerprint density at radius 2 is 1.86 bits per heavy atom. The average molecular weight is 416 g/mol. The second-order valence-electron chi connectivity index (χ2n) is 5.62. The third kappa shape index (κ3) is 4.04. The predicted molar refractivity (Wildman–Crippen MR) is 92.3 cm³/mol. The number of nitrogens with one attached hydrogen (secondary N) is 2. The van der Waals surface area contributed by atoms with E-state index in [9.17, 15) is 26.0 Å². The van der Waals surface area contributed by atoms with Crippen LogP contribution in [0.2, 0.25) is 0 Å². The fourth-order valence-electron chi connectivity index (χ4n) is 2.48. The lowest BCUT2D eigenvalue weighted by molar-refractivity contribution is -0.137. The summed E-state index contributed by atoms with van der Waals surface area (Å²) in [6.07, 6.45) is -4.94. The van der Waals surface area contributed by atoms with Gasteiger partial charge in [0.25, 0.3) is 0 Å². The van der Waals surface area contributed by atoms with E-state index < -0.39 is 38.0 Å². The predicted octanol–water partition coefficient (Wildman–Crippen LogP) is 2.60. The van der Waals surface area contributed by atoms with Crippen molar-refractivity contribution in [1.29, 1.82) is 0 Å². The molecule has 0 aliphatic rings. The summed E-state index contributed by atoms with van der Waals surface area (Å²) in [5.41, 5.74) is 2.60. The molecule has 0 spiro atoms. The molecule has 0 saturated heterocycles. The van der Waals surface area contributed by atoms with Gasteiger partial charge in [0.15, 0.2) is 0 Å². The molecule has 0 unspecified atom stereocenters. The number of nitrogen functional groups attached to an aromatic ring is 1. The van der Waals surface area contributed by atoms with E-state index in [1.54, 1.807) is 0 Å². The smallest absolute Gasteiger partial charge is 0.368 e. The van der Waals surface area contributed by atoms with Gasteiger partial charge in [-0.05, 0) is 29.8 Å². The van der Waals surface area contributed by atoms with Gasteiger partial charge >= 0.3 is 6.18 Å². The van der Waals surface area contributed by atoms with Gasteiger partial charge in [-0.2, -0.15) is 18.2 Å². The number of hydrogen-bond donors (Lipinski definition) is 4. The molecule has 0 atom stereocenters. The Balaban J connectivity index is 2.16. The van der Waals surface area contributed by atoms with E-state index in [0.717, 1.165) is 30.3 Å². The number of nitrogens with zero attached hydrogens (tertiary/aromatic N) is 2. The number of anilines is 3. The molecule has 3 aromatic rings. The highest BCUT2D eigenvalue weighted by molar-refractivity contribution is 7.89. The van der Waals surface area contributed by atoms with Crippen molar-refractivity contribution in [3.8, 4) is 11.1 Å². The Hall–Kier alpha value is -3.19. The van der Waals surface area contributed by atoms with Crippen LogP contribution in [-0.4, -0.2) is 23.6 Å². The summed E-state index contributed by atoms with van der Waals surface area (Å²) in [5.74, 6) is -1.49. The molecule has 0 radical (unpaired) electrons. The fraction of sp³-hybridized carbons (Fsp3) is 0.0667. The summed E-state index contributed by atoms with van der Waals surface area (Å²) in [6.45, 7) is 0. The van der Waals surface area contributed by atoms with Gasteiger partial charge in [0, 0.05) is 11.3 Å². The molecule has 0 amide bonds. The normalized spacial score (nSPS) is 12.2. The van der Waals surface area contributed by atoms with E-state index in [1.807, 2.05) is 0 Å². The van der Waals surface area contributed by atoms with Crippen LogP contribution < -0.4 is 16.2 Å². The average Bonchev–Trinajstić information content (AvgIpc) is 2.97. The van der Waals surface area contributed by atoms with Gasteiger partial charge in [0.2, 0.25) is 21.9 Å². The maximum Gasteiger partial charge on any atom is 0.417 e. The zero-order valence-electron chi connectivity index (χ0n) is 13.7. The van der Waals surface area contributed by atoms with Gasteiger partial charge in [0.1, 0.15) is 5.82 Å². The molecule has 0 saturated carbocycles. The summed E-state index contributed by atoms with van der Waals surface area (Å²) < 4.78 is 78.3. The molecular weight excluding hydrogens is 404 g/mol. The molecular formula is C15H12F4N6O2S. The summed E-state index contributed by atoms with van der Waals surface area (Å²) in [4.78, 5) is 3.21. The maximum atomic E-state index is 14.7. The Labute approximate surface area is 155 Å². The number of nitrogens with two attached hydrogens (primary N) is 2. The van der Waals surface area contributed by atoms with Crippen molar-refractivity contribution in [2.75, 3.05) is 11.1 Å². The first-order valence-corrected chi connectivity index (χ1v) is 8.98. The van der Waals surface area contributed by atoms with Gasteiger partial charge in [-0.1, -0.05) is 12.1 Å². The third-order valence-corrected chi connectivity index (χ3v) is 4.52. The number of rotatable bonds is 4. The molecule has 1 heterocycles. The first kappa shape index (κ1) is 19.6. The topological polar surface area (TPSA) is 140 Å². The van der Waals surface area contributed by atoms with E-state index in [4.69, 9.17) is 10.9 Å². The Morgan fingerprint density at radius 3 is 2.43 bits per heavy atom. The Bertz CT molecular complexity index is 1140. The fourth-order valence-corrected chi connectivity index (χ4v) is 3.04. The van der Waals surface area contributed by atoms with Crippen LogP contribution in [0, 0.1) is 5.82 Å². The lowest BCUT2D eigenvalue weighted by Gasteiger charge is -2.16. The van der Waals surface area contributed by atoms with Crippen LogP contribution in [0.1, 0.15) is 5.56 Å². The summed E-state index contributed by atoms with van der Waals surface area (Å²) >= 11 is 0. The van der Waals surface area contributed by atoms with E-state index in [1.165, 1.54) is 0 Å². The molecule has 3 rings (SSSR count). The van der Waals surface area contributed by atoms with Gasteiger partial charge in [0.05, 0.1) is 10.5 Å². The van der Waals surface area contributed by atoms with Crippen molar-refractivity contribution >= 4 is 27.6 Å².